The largest absolute Gasteiger partial charge is 0.387 e. The Hall–Kier alpha value is -2.52. The van der Waals surface area contributed by atoms with Crippen molar-refractivity contribution in [2.75, 3.05) is 17.3 Å². The predicted octanol–water partition coefficient (Wildman–Crippen LogP) is 0.607. The van der Waals surface area contributed by atoms with Crippen LogP contribution in [0.3, 0.4) is 0 Å². The molecule has 2 aromatic rings. The standard InChI is InChI=1S/C18H20N6O4S/c1-29-6-11-13(25)14(26)18(28-11)24-8-22-12-15(20-7-21-16(12)24)23-17(27)10(5-19)4-9-2-3-9/h4,7-9,11,13-14,18,25-26H,2-3,6H2,1H3,(H,20,21,23,27)/b10-4+/t11-,13-,14-,18-/m1/s1. The Kier molecular flexibility index (Phi) is 5.51. The van der Waals surface area contributed by atoms with Gasteiger partial charge in [0.2, 0.25) is 0 Å². The molecule has 10 nitrogen and oxygen atoms in total. The van der Waals surface area contributed by atoms with Gasteiger partial charge in [0, 0.05) is 5.75 Å². The molecular weight excluding hydrogens is 396 g/mol. The minimum atomic E-state index is -1.15. The van der Waals surface area contributed by atoms with Crippen LogP contribution < -0.4 is 5.32 Å². The molecule has 3 N–H and O–H groups in total. The predicted molar refractivity (Wildman–Crippen MR) is 105 cm³/mol. The Labute approximate surface area is 170 Å². The van der Waals surface area contributed by atoms with Gasteiger partial charge in [-0.25, -0.2) is 15.0 Å². The summed E-state index contributed by atoms with van der Waals surface area (Å²) in [5.41, 5.74) is 0.667. The maximum absolute atomic E-state index is 12.4. The zero-order valence-corrected chi connectivity index (χ0v) is 16.4. The number of fused-ring (bicyclic) bond motifs is 1. The zero-order chi connectivity index (χ0) is 20.5. The van der Waals surface area contributed by atoms with Gasteiger partial charge in [-0.15, -0.1) is 0 Å². The lowest BCUT2D eigenvalue weighted by atomic mass is 10.1. The molecule has 1 amide bonds. The van der Waals surface area contributed by atoms with Crippen LogP contribution in [-0.4, -0.2) is 66.0 Å². The molecule has 2 fully saturated rings. The van der Waals surface area contributed by atoms with Crippen LogP contribution in [0, 0.1) is 17.2 Å². The molecule has 1 aliphatic carbocycles. The highest BCUT2D eigenvalue weighted by atomic mass is 32.2. The van der Waals surface area contributed by atoms with Crippen molar-refractivity contribution in [3.8, 4) is 6.07 Å². The van der Waals surface area contributed by atoms with Gasteiger partial charge in [0.15, 0.2) is 23.2 Å². The first kappa shape index (κ1) is 19.8. The van der Waals surface area contributed by atoms with Gasteiger partial charge in [-0.3, -0.25) is 9.36 Å². The summed E-state index contributed by atoms with van der Waals surface area (Å²) in [7, 11) is 0. The fourth-order valence-electron chi connectivity index (χ4n) is 3.23. The van der Waals surface area contributed by atoms with E-state index in [9.17, 15) is 20.3 Å². The lowest BCUT2D eigenvalue weighted by Crippen LogP contribution is -2.32. The number of nitrogens with one attached hydrogen (secondary N) is 1. The zero-order valence-electron chi connectivity index (χ0n) is 15.6. The van der Waals surface area contributed by atoms with Crippen LogP contribution in [0.5, 0.6) is 0 Å². The number of carbonyl (C=O) groups is 1. The van der Waals surface area contributed by atoms with E-state index in [1.54, 1.807) is 6.08 Å². The number of ether oxygens (including phenoxy) is 1. The maximum Gasteiger partial charge on any atom is 0.267 e. The number of aliphatic hydroxyl groups excluding tert-OH is 2. The van der Waals surface area contributed by atoms with Crippen LogP contribution in [0.4, 0.5) is 5.82 Å². The average molecular weight is 416 g/mol. The molecule has 2 aromatic heterocycles. The average Bonchev–Trinajstić information content (AvgIpc) is 3.37. The molecule has 0 aromatic carbocycles. The number of imidazole rings is 1. The molecule has 2 aliphatic rings. The quantitative estimate of drug-likeness (QED) is 0.455. The highest BCUT2D eigenvalue weighted by Gasteiger charge is 2.44. The number of nitrogens with zero attached hydrogens (tertiary/aromatic N) is 5. The summed E-state index contributed by atoms with van der Waals surface area (Å²) < 4.78 is 7.31. The highest BCUT2D eigenvalue weighted by Crippen LogP contribution is 2.34. The fraction of sp³-hybridized carbons (Fsp3) is 0.500. The number of hydrogen-bond acceptors (Lipinski definition) is 9. The van der Waals surface area contributed by atoms with Crippen LogP contribution in [0.25, 0.3) is 11.2 Å². The molecule has 11 heteroatoms. The molecule has 4 atom stereocenters. The lowest BCUT2D eigenvalue weighted by molar-refractivity contribution is -0.112. The molecule has 152 valence electrons. The topological polar surface area (TPSA) is 146 Å². The van der Waals surface area contributed by atoms with Crippen molar-refractivity contribution in [3.63, 3.8) is 0 Å². The molecule has 0 spiro atoms. The van der Waals surface area contributed by atoms with Gasteiger partial charge >= 0.3 is 0 Å². The number of thioether (sulfide) groups is 1. The molecule has 0 radical (unpaired) electrons. The van der Waals surface area contributed by atoms with Crippen molar-refractivity contribution in [3.05, 3.63) is 24.3 Å². The second kappa shape index (κ2) is 8.08. The number of hydrogen-bond donors (Lipinski definition) is 3. The number of allylic oxidation sites excluding steroid dienone is 1. The molecule has 0 unspecified atom stereocenters. The smallest absolute Gasteiger partial charge is 0.267 e. The Balaban J connectivity index is 1.60. The van der Waals surface area contributed by atoms with Crippen molar-refractivity contribution < 1.29 is 19.7 Å². The van der Waals surface area contributed by atoms with E-state index in [0.29, 0.717) is 16.9 Å². The van der Waals surface area contributed by atoms with E-state index in [2.05, 4.69) is 20.3 Å². The fourth-order valence-corrected chi connectivity index (χ4v) is 3.83. The third kappa shape index (κ3) is 3.84. The number of carbonyl (C=O) groups excluding carboxylic acids is 1. The summed E-state index contributed by atoms with van der Waals surface area (Å²) in [5, 5.41) is 32.5. The first-order valence-corrected chi connectivity index (χ1v) is 10.5. The summed E-state index contributed by atoms with van der Waals surface area (Å²) in [6, 6.07) is 1.92. The SMILES string of the molecule is CSC[C@H]1O[C@@H](n2cnc3c(NC(=O)/C(C#N)=C/C4CC4)ncnc32)[C@H](O)[C@@H]1O. The molecule has 1 saturated heterocycles. The number of amides is 1. The third-order valence-electron chi connectivity index (χ3n) is 4.92. The van der Waals surface area contributed by atoms with Crippen LogP contribution >= 0.6 is 11.8 Å². The summed E-state index contributed by atoms with van der Waals surface area (Å²) in [6.07, 6.45) is 4.62. The summed E-state index contributed by atoms with van der Waals surface area (Å²) in [4.78, 5) is 24.9. The van der Waals surface area contributed by atoms with Crippen molar-refractivity contribution in [1.29, 1.82) is 5.26 Å². The normalized spacial score (nSPS) is 27.2. The molecule has 0 bridgehead atoms. The summed E-state index contributed by atoms with van der Waals surface area (Å²) in [6.45, 7) is 0. The molecule has 1 aliphatic heterocycles. The van der Waals surface area contributed by atoms with Gasteiger partial charge in [-0.1, -0.05) is 6.08 Å². The van der Waals surface area contributed by atoms with Gasteiger partial charge < -0.3 is 20.3 Å². The first-order valence-electron chi connectivity index (χ1n) is 9.14. The van der Waals surface area contributed by atoms with E-state index in [1.807, 2.05) is 12.3 Å². The van der Waals surface area contributed by atoms with Crippen LogP contribution in [-0.2, 0) is 9.53 Å². The summed E-state index contributed by atoms with van der Waals surface area (Å²) >= 11 is 1.50. The van der Waals surface area contributed by atoms with E-state index in [0.717, 1.165) is 12.8 Å². The Morgan fingerprint density at radius 2 is 2.21 bits per heavy atom. The van der Waals surface area contributed by atoms with Crippen molar-refractivity contribution in [2.45, 2.75) is 37.4 Å². The van der Waals surface area contributed by atoms with Crippen molar-refractivity contribution >= 4 is 34.7 Å². The number of nitriles is 1. The maximum atomic E-state index is 12.4. The highest BCUT2D eigenvalue weighted by molar-refractivity contribution is 7.98. The van der Waals surface area contributed by atoms with Gasteiger partial charge in [0.05, 0.1) is 12.4 Å². The van der Waals surface area contributed by atoms with Crippen LogP contribution in [0.2, 0.25) is 0 Å². The lowest BCUT2D eigenvalue weighted by Gasteiger charge is -2.16. The summed E-state index contributed by atoms with van der Waals surface area (Å²) in [5.74, 6) is 0.412. The van der Waals surface area contributed by atoms with Gasteiger partial charge in [-0.05, 0) is 25.0 Å². The van der Waals surface area contributed by atoms with Crippen molar-refractivity contribution in [2.24, 2.45) is 5.92 Å². The minimum Gasteiger partial charge on any atom is -0.387 e. The van der Waals surface area contributed by atoms with Gasteiger partial charge in [0.25, 0.3) is 5.91 Å². The van der Waals surface area contributed by atoms with E-state index >= 15 is 0 Å². The van der Waals surface area contributed by atoms with Gasteiger partial charge in [-0.2, -0.15) is 17.0 Å². The minimum absolute atomic E-state index is 0.0382. The second-order valence-corrected chi connectivity index (χ2v) is 7.94. The molecule has 1 saturated carbocycles. The first-order chi connectivity index (χ1) is 14.0. The second-order valence-electron chi connectivity index (χ2n) is 7.03. The van der Waals surface area contributed by atoms with E-state index in [-0.39, 0.29) is 17.3 Å². The van der Waals surface area contributed by atoms with E-state index in [4.69, 9.17) is 4.74 Å². The molecule has 29 heavy (non-hydrogen) atoms. The number of aliphatic hydroxyl groups is 2. The monoisotopic (exact) mass is 416 g/mol. The Bertz CT molecular complexity index is 998. The third-order valence-corrected chi connectivity index (χ3v) is 5.58. The van der Waals surface area contributed by atoms with Crippen LogP contribution in [0.1, 0.15) is 19.1 Å². The van der Waals surface area contributed by atoms with E-state index in [1.165, 1.54) is 29.0 Å². The van der Waals surface area contributed by atoms with Crippen LogP contribution in [0.15, 0.2) is 24.3 Å². The molecule has 4 rings (SSSR count). The van der Waals surface area contributed by atoms with E-state index < -0.39 is 30.4 Å². The number of aromatic nitrogens is 4. The molecular formula is C18H20N6O4S. The Morgan fingerprint density at radius 1 is 1.41 bits per heavy atom. The number of rotatable bonds is 6. The van der Waals surface area contributed by atoms with Gasteiger partial charge in [0.1, 0.15) is 30.2 Å². The molecule has 3 heterocycles. The Morgan fingerprint density at radius 3 is 2.90 bits per heavy atom. The van der Waals surface area contributed by atoms with Crippen molar-refractivity contribution in [1.82, 2.24) is 19.5 Å². The number of anilines is 1.